The van der Waals surface area contributed by atoms with Crippen molar-refractivity contribution >= 4 is 39.9 Å². The molecule has 0 bridgehead atoms. The monoisotopic (exact) mass is 772 g/mol. The number of benzene rings is 1. The molecule has 3 N–H and O–H groups in total. The van der Waals surface area contributed by atoms with Crippen LogP contribution in [0.25, 0.3) is 0 Å². The molecule has 2 saturated carbocycles. The largest absolute Gasteiger partial charge is 0.444 e. The standard InChI is InChI=1S/C37H49FN6O9S/c1-7-15-42(16-8-2)22-29(39-34(48)53-36(4,5)6)32(46)44-20-25(52-35(49)43-19-23-11-10-12-28(38)27(23)21-43)17-30(44)31(45)40-37(18-24(37)9-3)33(47)41-54(50,51)26-13-14-26/h7-12,24-26,29-30H,1-3,13-22H2,4-6H3,(H,39,48)(H,40,45)(H,41,47)/t24-,25-,29+,30?,37-/m1/s1. The second kappa shape index (κ2) is 15.9. The quantitative estimate of drug-likeness (QED) is 0.224. The lowest BCUT2D eigenvalue weighted by atomic mass is 10.1. The van der Waals surface area contributed by atoms with Crippen molar-refractivity contribution < 1.29 is 46.3 Å². The highest BCUT2D eigenvalue weighted by Gasteiger charge is 2.62. The molecule has 1 unspecified atom stereocenters. The van der Waals surface area contributed by atoms with Gasteiger partial charge < -0.3 is 25.0 Å². The molecular weight excluding hydrogens is 724 g/mol. The van der Waals surface area contributed by atoms with Gasteiger partial charge in [-0.25, -0.2) is 22.4 Å². The number of hydrogen-bond donors (Lipinski definition) is 3. The second-order valence-corrected chi connectivity index (χ2v) is 17.1. The SMILES string of the molecule is C=CCN(CC=C)C[C@H](NC(=O)OC(C)(C)C)C(=O)N1C[C@H](OC(=O)N2Cc3cccc(F)c3C2)CC1C(=O)N[C@]1(C(=O)NS(=O)(=O)C2CC2)C[C@H]1C=C. The number of carbonyl (C=O) groups excluding carboxylic acids is 5. The van der Waals surface area contributed by atoms with Gasteiger partial charge in [-0.2, -0.15) is 0 Å². The van der Waals surface area contributed by atoms with E-state index in [1.807, 2.05) is 0 Å². The molecule has 1 aromatic rings. The Bertz CT molecular complexity index is 1800. The first-order chi connectivity index (χ1) is 25.4. The molecule has 2 heterocycles. The Hall–Kier alpha value is -4.77. The Balaban J connectivity index is 1.41. The number of nitrogens with one attached hydrogen (secondary N) is 3. The van der Waals surface area contributed by atoms with E-state index in [2.05, 4.69) is 35.1 Å². The Morgan fingerprint density at radius 3 is 2.35 bits per heavy atom. The third-order valence-electron chi connectivity index (χ3n) is 9.75. The lowest BCUT2D eigenvalue weighted by Crippen LogP contribution is -2.60. The fourth-order valence-corrected chi connectivity index (χ4v) is 8.17. The highest BCUT2D eigenvalue weighted by atomic mass is 32.2. The molecular formula is C37H49FN6O9S. The van der Waals surface area contributed by atoms with Crippen molar-refractivity contribution in [3.63, 3.8) is 0 Å². The number of nitrogens with zero attached hydrogens (tertiary/aromatic N) is 3. The number of halogens is 1. The summed E-state index contributed by atoms with van der Waals surface area (Å²) in [4.78, 5) is 72.9. The van der Waals surface area contributed by atoms with E-state index in [9.17, 15) is 36.8 Å². The second-order valence-electron chi connectivity index (χ2n) is 15.2. The molecule has 0 aromatic heterocycles. The molecule has 17 heteroatoms. The molecule has 15 nitrogen and oxygen atoms in total. The van der Waals surface area contributed by atoms with Crippen molar-refractivity contribution in [3.05, 3.63) is 73.1 Å². The van der Waals surface area contributed by atoms with Gasteiger partial charge in [-0.15, -0.1) is 19.7 Å². The molecule has 4 aliphatic rings. The summed E-state index contributed by atoms with van der Waals surface area (Å²) in [5.74, 6) is -3.48. The minimum absolute atomic E-state index is 0.0330. The molecule has 2 aliphatic heterocycles. The molecule has 5 rings (SSSR count). The average Bonchev–Trinajstić information content (AvgIpc) is 3.98. The molecule has 0 radical (unpaired) electrons. The minimum atomic E-state index is -3.96. The van der Waals surface area contributed by atoms with E-state index in [1.54, 1.807) is 50.0 Å². The summed E-state index contributed by atoms with van der Waals surface area (Å²) in [5.41, 5.74) is -1.56. The number of ether oxygens (including phenoxy) is 2. The fourth-order valence-electron chi connectivity index (χ4n) is 6.80. The van der Waals surface area contributed by atoms with E-state index in [0.29, 0.717) is 37.1 Å². The highest BCUT2D eigenvalue weighted by Crippen LogP contribution is 2.45. The summed E-state index contributed by atoms with van der Waals surface area (Å²) in [6, 6.07) is 1.95. The van der Waals surface area contributed by atoms with Crippen LogP contribution in [0.5, 0.6) is 0 Å². The van der Waals surface area contributed by atoms with Crippen LogP contribution in [-0.2, 0) is 47.0 Å². The van der Waals surface area contributed by atoms with Gasteiger partial charge in [0.1, 0.15) is 35.1 Å². The molecule has 0 spiro atoms. The van der Waals surface area contributed by atoms with E-state index in [1.165, 1.54) is 21.9 Å². The maximum Gasteiger partial charge on any atom is 0.410 e. The molecule has 5 amide bonds. The lowest BCUT2D eigenvalue weighted by molar-refractivity contribution is -0.141. The van der Waals surface area contributed by atoms with Crippen LogP contribution in [-0.4, -0.2) is 114 Å². The van der Waals surface area contributed by atoms with Crippen LogP contribution in [0.4, 0.5) is 14.0 Å². The number of fused-ring (bicyclic) bond motifs is 1. The normalized spacial score (nSPS) is 23.8. The Morgan fingerprint density at radius 2 is 1.78 bits per heavy atom. The zero-order chi connectivity index (χ0) is 39.6. The molecule has 3 fully saturated rings. The van der Waals surface area contributed by atoms with Crippen molar-refractivity contribution in [1.29, 1.82) is 0 Å². The third kappa shape index (κ3) is 9.29. The Morgan fingerprint density at radius 1 is 1.09 bits per heavy atom. The van der Waals surface area contributed by atoms with Gasteiger partial charge in [-0.05, 0) is 51.7 Å². The van der Waals surface area contributed by atoms with Crippen molar-refractivity contribution in [3.8, 4) is 0 Å². The Kier molecular flexibility index (Phi) is 11.9. The first-order valence-electron chi connectivity index (χ1n) is 17.9. The van der Waals surface area contributed by atoms with Crippen LogP contribution in [0.15, 0.2) is 56.2 Å². The maximum atomic E-state index is 14.5. The van der Waals surface area contributed by atoms with Gasteiger partial charge in [-0.1, -0.05) is 30.4 Å². The van der Waals surface area contributed by atoms with Crippen LogP contribution in [0, 0.1) is 11.7 Å². The molecule has 54 heavy (non-hydrogen) atoms. The molecule has 5 atom stereocenters. The van der Waals surface area contributed by atoms with E-state index in [-0.39, 0.29) is 39.0 Å². The zero-order valence-corrected chi connectivity index (χ0v) is 31.7. The van der Waals surface area contributed by atoms with Crippen molar-refractivity contribution in [2.24, 2.45) is 5.92 Å². The van der Waals surface area contributed by atoms with Gasteiger partial charge in [0.25, 0.3) is 5.91 Å². The van der Waals surface area contributed by atoms with E-state index in [0.717, 1.165) is 0 Å². The number of sulfonamides is 1. The average molecular weight is 773 g/mol. The third-order valence-corrected chi connectivity index (χ3v) is 11.6. The number of hydrogen-bond acceptors (Lipinski definition) is 10. The summed E-state index contributed by atoms with van der Waals surface area (Å²) in [7, 11) is -3.96. The highest BCUT2D eigenvalue weighted by molar-refractivity contribution is 7.91. The fraction of sp³-hybridized carbons (Fsp3) is 0.541. The predicted octanol–water partition coefficient (Wildman–Crippen LogP) is 2.48. The van der Waals surface area contributed by atoms with E-state index < -0.39 is 86.2 Å². The minimum Gasteiger partial charge on any atom is -0.444 e. The summed E-state index contributed by atoms with van der Waals surface area (Å²) >= 11 is 0. The number of alkyl carbamates (subject to hydrolysis) is 1. The van der Waals surface area contributed by atoms with Gasteiger partial charge in [0.15, 0.2) is 0 Å². The summed E-state index contributed by atoms with van der Waals surface area (Å²) in [6.45, 7) is 16.6. The maximum absolute atomic E-state index is 14.5. The van der Waals surface area contributed by atoms with Gasteiger partial charge in [-0.3, -0.25) is 28.9 Å². The predicted molar refractivity (Wildman–Crippen MR) is 195 cm³/mol. The van der Waals surface area contributed by atoms with Crippen molar-refractivity contribution in [1.82, 2.24) is 30.1 Å². The first-order valence-corrected chi connectivity index (χ1v) is 19.4. The number of amides is 5. The van der Waals surface area contributed by atoms with E-state index >= 15 is 0 Å². The summed E-state index contributed by atoms with van der Waals surface area (Å²) < 4.78 is 53.2. The molecule has 2 aliphatic carbocycles. The van der Waals surface area contributed by atoms with Crippen LogP contribution >= 0.6 is 0 Å². The topological polar surface area (TPSA) is 184 Å². The van der Waals surface area contributed by atoms with Gasteiger partial charge in [0, 0.05) is 44.1 Å². The molecule has 1 aromatic carbocycles. The molecule has 1 saturated heterocycles. The lowest BCUT2D eigenvalue weighted by Gasteiger charge is -2.32. The van der Waals surface area contributed by atoms with Gasteiger partial charge in [0.05, 0.1) is 18.3 Å². The number of rotatable bonds is 15. The van der Waals surface area contributed by atoms with Crippen LogP contribution in [0.3, 0.4) is 0 Å². The van der Waals surface area contributed by atoms with Crippen LogP contribution < -0.4 is 15.4 Å². The summed E-state index contributed by atoms with van der Waals surface area (Å²) in [6.07, 6.45) is 2.67. The first kappa shape index (κ1) is 40.4. The van der Waals surface area contributed by atoms with Crippen molar-refractivity contribution in [2.75, 3.05) is 26.2 Å². The van der Waals surface area contributed by atoms with E-state index in [4.69, 9.17) is 9.47 Å². The number of likely N-dealkylation sites (tertiary alicyclic amines) is 1. The molecule has 294 valence electrons. The Labute approximate surface area is 315 Å². The zero-order valence-electron chi connectivity index (χ0n) is 30.8. The van der Waals surface area contributed by atoms with Crippen LogP contribution in [0.1, 0.15) is 57.6 Å². The van der Waals surface area contributed by atoms with Gasteiger partial charge >= 0.3 is 12.2 Å². The van der Waals surface area contributed by atoms with Crippen molar-refractivity contribution in [2.45, 2.75) is 94.1 Å². The smallest absolute Gasteiger partial charge is 0.410 e. The summed E-state index contributed by atoms with van der Waals surface area (Å²) in [5, 5.41) is 4.62. The number of carbonyl (C=O) groups is 5. The van der Waals surface area contributed by atoms with Crippen LogP contribution in [0.2, 0.25) is 0 Å². The van der Waals surface area contributed by atoms with Gasteiger partial charge in [0.2, 0.25) is 21.8 Å².